The van der Waals surface area contributed by atoms with E-state index in [-0.39, 0.29) is 5.97 Å². The van der Waals surface area contributed by atoms with Crippen molar-refractivity contribution in [2.45, 2.75) is 19.3 Å². The largest absolute Gasteiger partial charge is 0.469 e. The number of para-hydroxylation sites is 1. The van der Waals surface area contributed by atoms with E-state index in [1.807, 2.05) is 18.2 Å². The normalized spacial score (nSPS) is 10.4. The number of carbonyl (C=O) groups excluding carboxylic acids is 1. The Hall–Kier alpha value is -1.73. The van der Waals surface area contributed by atoms with Crippen molar-refractivity contribution in [2.24, 2.45) is 0 Å². The molecule has 0 amide bonds. The number of rotatable bonds is 7. The third-order valence-electron chi connectivity index (χ3n) is 3.03. The zero-order valence-corrected chi connectivity index (χ0v) is 14.1. The zero-order chi connectivity index (χ0) is 15.8. The van der Waals surface area contributed by atoms with Gasteiger partial charge < -0.3 is 15.4 Å². The van der Waals surface area contributed by atoms with Gasteiger partial charge in [-0.25, -0.2) is 4.98 Å². The first kappa shape index (κ1) is 16.6. The number of aromatic nitrogens is 1. The molecule has 0 atom stereocenters. The molecule has 0 bridgehead atoms. The molecule has 22 heavy (non-hydrogen) atoms. The van der Waals surface area contributed by atoms with Gasteiger partial charge in [0, 0.05) is 25.9 Å². The minimum absolute atomic E-state index is 0.198. The van der Waals surface area contributed by atoms with Crippen molar-refractivity contribution >= 4 is 44.9 Å². The average Bonchev–Trinajstić information content (AvgIpc) is 2.94. The van der Waals surface area contributed by atoms with Crippen molar-refractivity contribution in [1.29, 1.82) is 0 Å². The minimum atomic E-state index is -0.198. The highest BCUT2D eigenvalue weighted by Crippen LogP contribution is 2.21. The molecule has 0 saturated carbocycles. The van der Waals surface area contributed by atoms with Crippen LogP contribution in [0.15, 0.2) is 24.3 Å². The Balaban J connectivity index is 1.63. The van der Waals surface area contributed by atoms with Gasteiger partial charge in [-0.3, -0.25) is 4.79 Å². The van der Waals surface area contributed by atoms with Crippen molar-refractivity contribution in [3.05, 3.63) is 29.3 Å². The molecule has 0 radical (unpaired) electrons. The molecule has 0 saturated heterocycles. The van der Waals surface area contributed by atoms with E-state index in [0.717, 1.165) is 23.5 Å². The number of hydrogen-bond acceptors (Lipinski definition) is 5. The van der Waals surface area contributed by atoms with Crippen LogP contribution in [-0.4, -0.2) is 36.3 Å². The summed E-state index contributed by atoms with van der Waals surface area (Å²) in [7, 11) is 1.39. The highest BCUT2D eigenvalue weighted by molar-refractivity contribution is 7.80. The van der Waals surface area contributed by atoms with Gasteiger partial charge in [-0.05, 0) is 30.8 Å². The summed E-state index contributed by atoms with van der Waals surface area (Å²) < 4.78 is 5.78. The van der Waals surface area contributed by atoms with Crippen molar-refractivity contribution in [2.75, 3.05) is 20.2 Å². The van der Waals surface area contributed by atoms with E-state index in [2.05, 4.69) is 26.4 Å². The second kappa shape index (κ2) is 8.65. The molecule has 2 rings (SSSR count). The van der Waals surface area contributed by atoms with Crippen LogP contribution in [0.3, 0.4) is 0 Å². The quantitative estimate of drug-likeness (QED) is 0.459. The van der Waals surface area contributed by atoms with E-state index in [1.54, 1.807) is 11.3 Å². The predicted molar refractivity (Wildman–Crippen MR) is 93.2 cm³/mol. The summed E-state index contributed by atoms with van der Waals surface area (Å²) >= 11 is 6.90. The van der Waals surface area contributed by atoms with E-state index >= 15 is 0 Å². The van der Waals surface area contributed by atoms with Crippen LogP contribution in [0.4, 0.5) is 0 Å². The van der Waals surface area contributed by atoms with Gasteiger partial charge in [0.15, 0.2) is 5.11 Å². The maximum absolute atomic E-state index is 11.0. The summed E-state index contributed by atoms with van der Waals surface area (Å²) in [5.74, 6) is -0.198. The Kier molecular flexibility index (Phi) is 6.54. The second-order valence-corrected chi connectivity index (χ2v) is 6.21. The van der Waals surface area contributed by atoms with Gasteiger partial charge in [0.25, 0.3) is 0 Å². The van der Waals surface area contributed by atoms with Crippen molar-refractivity contribution in [3.8, 4) is 0 Å². The highest BCUT2D eigenvalue weighted by Gasteiger charge is 2.03. The summed E-state index contributed by atoms with van der Waals surface area (Å²) in [6, 6.07) is 8.13. The first-order valence-corrected chi connectivity index (χ1v) is 8.34. The van der Waals surface area contributed by atoms with Gasteiger partial charge in [-0.2, -0.15) is 0 Å². The molecule has 0 aliphatic carbocycles. The van der Waals surface area contributed by atoms with Crippen LogP contribution in [0.5, 0.6) is 0 Å². The molecule has 1 heterocycles. The number of hydrogen-bond donors (Lipinski definition) is 2. The number of carbonyl (C=O) groups is 1. The molecule has 0 aliphatic rings. The van der Waals surface area contributed by atoms with Crippen LogP contribution in [0.1, 0.15) is 17.8 Å². The Morgan fingerprint density at radius 2 is 2.09 bits per heavy atom. The molecule has 5 nitrogen and oxygen atoms in total. The van der Waals surface area contributed by atoms with E-state index in [4.69, 9.17) is 12.2 Å². The molecule has 1 aromatic heterocycles. The van der Waals surface area contributed by atoms with Crippen LogP contribution < -0.4 is 10.6 Å². The Labute approximate surface area is 139 Å². The minimum Gasteiger partial charge on any atom is -0.469 e. The van der Waals surface area contributed by atoms with E-state index in [0.29, 0.717) is 24.5 Å². The lowest BCUT2D eigenvalue weighted by Crippen LogP contribution is -2.36. The van der Waals surface area contributed by atoms with E-state index in [9.17, 15) is 4.79 Å². The van der Waals surface area contributed by atoms with Crippen LogP contribution in [0, 0.1) is 0 Å². The molecule has 1 aromatic carbocycles. The fraction of sp³-hybridized carbons (Fsp3) is 0.400. The lowest BCUT2D eigenvalue weighted by molar-refractivity contribution is -0.140. The summed E-state index contributed by atoms with van der Waals surface area (Å²) in [6.45, 7) is 1.39. The monoisotopic (exact) mass is 337 g/mol. The molecule has 118 valence electrons. The van der Waals surface area contributed by atoms with Gasteiger partial charge in [-0.15, -0.1) is 11.3 Å². The molecule has 2 N–H and O–H groups in total. The number of thiazole rings is 1. The highest BCUT2D eigenvalue weighted by atomic mass is 32.1. The molecule has 0 aliphatic heterocycles. The molecular formula is C15H19N3O2S2. The molecule has 0 unspecified atom stereocenters. The van der Waals surface area contributed by atoms with Gasteiger partial charge in [0.1, 0.15) is 0 Å². The van der Waals surface area contributed by atoms with E-state index < -0.39 is 0 Å². The van der Waals surface area contributed by atoms with Crippen LogP contribution >= 0.6 is 23.6 Å². The number of methoxy groups -OCH3 is 1. The number of nitrogens with zero attached hydrogens (tertiary/aromatic N) is 1. The predicted octanol–water partition coefficient (Wildman–Crippen LogP) is 2.26. The maximum atomic E-state index is 11.0. The number of esters is 1. The number of thiocarbonyl (C=S) groups is 1. The molecule has 7 heteroatoms. The van der Waals surface area contributed by atoms with Crippen LogP contribution in [0.25, 0.3) is 10.2 Å². The van der Waals surface area contributed by atoms with Gasteiger partial charge >= 0.3 is 5.97 Å². The number of ether oxygens (including phenoxy) is 1. The smallest absolute Gasteiger partial charge is 0.305 e. The SMILES string of the molecule is COC(=O)CCCNC(=S)NCCc1nc2ccccc2s1. The number of fused-ring (bicyclic) bond motifs is 1. The third-order valence-corrected chi connectivity index (χ3v) is 4.42. The third kappa shape index (κ3) is 5.23. The Morgan fingerprint density at radius 3 is 2.86 bits per heavy atom. The van der Waals surface area contributed by atoms with Gasteiger partial charge in [0.2, 0.25) is 0 Å². The average molecular weight is 337 g/mol. The maximum Gasteiger partial charge on any atom is 0.305 e. The van der Waals surface area contributed by atoms with Gasteiger partial charge in [0.05, 0.1) is 22.3 Å². The van der Waals surface area contributed by atoms with Crippen LogP contribution in [0.2, 0.25) is 0 Å². The fourth-order valence-electron chi connectivity index (χ4n) is 1.91. The standard InChI is InChI=1S/C15H19N3O2S2/c1-20-14(19)7-4-9-16-15(21)17-10-8-13-18-11-5-2-3-6-12(11)22-13/h2-3,5-6H,4,7-10H2,1H3,(H2,16,17,21). The summed E-state index contributed by atoms with van der Waals surface area (Å²) in [5, 5.41) is 7.92. The molecule has 2 aromatic rings. The molecule has 0 fully saturated rings. The lowest BCUT2D eigenvalue weighted by atomic mass is 10.3. The van der Waals surface area contributed by atoms with E-state index in [1.165, 1.54) is 11.8 Å². The van der Waals surface area contributed by atoms with Crippen molar-refractivity contribution < 1.29 is 9.53 Å². The second-order valence-electron chi connectivity index (χ2n) is 4.69. The molecular weight excluding hydrogens is 318 g/mol. The number of benzene rings is 1. The Morgan fingerprint density at radius 1 is 1.32 bits per heavy atom. The summed E-state index contributed by atoms with van der Waals surface area (Å²) in [6.07, 6.45) is 1.94. The number of nitrogens with one attached hydrogen (secondary N) is 2. The zero-order valence-electron chi connectivity index (χ0n) is 12.4. The summed E-state index contributed by atoms with van der Waals surface area (Å²) in [4.78, 5) is 15.5. The van der Waals surface area contributed by atoms with Crippen molar-refractivity contribution in [1.82, 2.24) is 15.6 Å². The Bertz CT molecular complexity index is 610. The van der Waals surface area contributed by atoms with Gasteiger partial charge in [-0.1, -0.05) is 12.1 Å². The fourth-order valence-corrected chi connectivity index (χ4v) is 3.08. The first-order chi connectivity index (χ1) is 10.7. The molecule has 0 spiro atoms. The lowest BCUT2D eigenvalue weighted by Gasteiger charge is -2.09. The first-order valence-electron chi connectivity index (χ1n) is 7.12. The van der Waals surface area contributed by atoms with Crippen molar-refractivity contribution in [3.63, 3.8) is 0 Å². The topological polar surface area (TPSA) is 63.2 Å². The van der Waals surface area contributed by atoms with Crippen LogP contribution in [-0.2, 0) is 16.0 Å². The summed E-state index contributed by atoms with van der Waals surface area (Å²) in [5.41, 5.74) is 1.05.